The Balaban J connectivity index is 0.00000106. The van der Waals surface area contributed by atoms with E-state index in [0.29, 0.717) is 19.3 Å². The highest BCUT2D eigenvalue weighted by atomic mass is 16.4. The lowest BCUT2D eigenvalue weighted by molar-refractivity contribution is -0.143. The van der Waals surface area contributed by atoms with Crippen molar-refractivity contribution in [3.8, 4) is 0 Å². The zero-order valence-electron chi connectivity index (χ0n) is 10.1. The Labute approximate surface area is 97.3 Å². The molecule has 0 saturated heterocycles. The van der Waals surface area contributed by atoms with Crippen LogP contribution in [0.5, 0.6) is 0 Å². The molecule has 1 rings (SSSR count). The first-order chi connectivity index (χ1) is 7.49. The van der Waals surface area contributed by atoms with E-state index >= 15 is 0 Å². The number of hydrogen-bond donors (Lipinski definition) is 2. The van der Waals surface area contributed by atoms with E-state index in [1.165, 1.54) is 0 Å². The van der Waals surface area contributed by atoms with Crippen LogP contribution in [0.2, 0.25) is 0 Å². The molecule has 0 aliphatic heterocycles. The van der Waals surface area contributed by atoms with Crippen LogP contribution in [0.3, 0.4) is 0 Å². The van der Waals surface area contributed by atoms with Crippen molar-refractivity contribution < 1.29 is 9.90 Å². The standard InChI is InChI=1S/C11H15NO2.C2H6/c1-3-4-9-5-6-11(12,10(13)14)7-8(9)2;1-2/h3-4H,1-2,5-7,12H2,(H,13,14);1-2H3/b9-4-;. The number of nitrogens with two attached hydrogens (primary N) is 1. The SMILES string of the molecule is C=C/C=C1/CCC(N)(C(=O)O)CC1=C.CC. The Morgan fingerprint density at radius 1 is 1.56 bits per heavy atom. The topological polar surface area (TPSA) is 63.3 Å². The van der Waals surface area contributed by atoms with E-state index < -0.39 is 11.5 Å². The minimum atomic E-state index is -1.13. The van der Waals surface area contributed by atoms with Gasteiger partial charge in [-0.15, -0.1) is 0 Å². The molecule has 0 aromatic carbocycles. The third-order valence-corrected chi connectivity index (χ3v) is 2.57. The summed E-state index contributed by atoms with van der Waals surface area (Å²) in [6.45, 7) is 11.4. The van der Waals surface area contributed by atoms with Gasteiger partial charge in [-0.05, 0) is 24.0 Å². The lowest BCUT2D eigenvalue weighted by Crippen LogP contribution is -2.50. The summed E-state index contributed by atoms with van der Waals surface area (Å²) in [5.74, 6) is -0.948. The zero-order chi connectivity index (χ0) is 12.8. The van der Waals surface area contributed by atoms with Crippen molar-refractivity contribution in [3.63, 3.8) is 0 Å². The molecule has 1 unspecified atom stereocenters. The van der Waals surface area contributed by atoms with Crippen LogP contribution in [0.1, 0.15) is 33.1 Å². The molecule has 0 bridgehead atoms. The van der Waals surface area contributed by atoms with Gasteiger partial charge in [0.1, 0.15) is 5.54 Å². The molecule has 0 aromatic rings. The van der Waals surface area contributed by atoms with Gasteiger partial charge in [0, 0.05) is 6.42 Å². The highest BCUT2D eigenvalue weighted by Crippen LogP contribution is 2.33. The second kappa shape index (κ2) is 6.28. The van der Waals surface area contributed by atoms with Gasteiger partial charge in [-0.2, -0.15) is 0 Å². The lowest BCUT2D eigenvalue weighted by atomic mass is 9.77. The molecule has 3 nitrogen and oxygen atoms in total. The average Bonchev–Trinajstić information content (AvgIpc) is 2.25. The number of hydrogen-bond acceptors (Lipinski definition) is 2. The summed E-state index contributed by atoms with van der Waals surface area (Å²) in [6.07, 6.45) is 4.99. The van der Waals surface area contributed by atoms with E-state index in [1.54, 1.807) is 6.08 Å². The van der Waals surface area contributed by atoms with Gasteiger partial charge in [0.15, 0.2) is 0 Å². The fourth-order valence-corrected chi connectivity index (χ4v) is 1.64. The smallest absolute Gasteiger partial charge is 0.324 e. The van der Waals surface area contributed by atoms with E-state index in [-0.39, 0.29) is 0 Å². The van der Waals surface area contributed by atoms with Crippen LogP contribution >= 0.6 is 0 Å². The summed E-state index contributed by atoms with van der Waals surface area (Å²) in [4.78, 5) is 10.9. The minimum absolute atomic E-state index is 0.321. The van der Waals surface area contributed by atoms with Gasteiger partial charge in [-0.1, -0.05) is 39.2 Å². The Bertz CT molecular complexity index is 318. The molecular formula is C13H21NO2. The van der Waals surface area contributed by atoms with Crippen LogP contribution in [-0.2, 0) is 4.79 Å². The molecule has 1 fully saturated rings. The molecule has 3 heteroatoms. The van der Waals surface area contributed by atoms with Gasteiger partial charge in [-0.25, -0.2) is 0 Å². The number of carbonyl (C=O) groups is 1. The Morgan fingerprint density at radius 3 is 2.50 bits per heavy atom. The number of rotatable bonds is 2. The predicted molar refractivity (Wildman–Crippen MR) is 67.2 cm³/mol. The summed E-state index contributed by atoms with van der Waals surface area (Å²) >= 11 is 0. The molecule has 0 spiro atoms. The molecule has 0 heterocycles. The second-order valence-electron chi connectivity index (χ2n) is 3.67. The number of allylic oxidation sites excluding steroid dienone is 3. The van der Waals surface area contributed by atoms with Crippen LogP contribution in [0, 0.1) is 0 Å². The van der Waals surface area contributed by atoms with Crippen molar-refractivity contribution in [1.82, 2.24) is 0 Å². The highest BCUT2D eigenvalue weighted by molar-refractivity contribution is 5.79. The van der Waals surface area contributed by atoms with Crippen LogP contribution in [0.4, 0.5) is 0 Å². The first kappa shape index (κ1) is 14.6. The van der Waals surface area contributed by atoms with Gasteiger partial charge in [0.25, 0.3) is 0 Å². The third-order valence-electron chi connectivity index (χ3n) is 2.57. The molecule has 1 atom stereocenters. The van der Waals surface area contributed by atoms with Crippen molar-refractivity contribution in [2.24, 2.45) is 5.73 Å². The molecule has 1 saturated carbocycles. The van der Waals surface area contributed by atoms with Gasteiger partial charge in [0.2, 0.25) is 0 Å². The van der Waals surface area contributed by atoms with Crippen LogP contribution < -0.4 is 5.73 Å². The van der Waals surface area contributed by atoms with Crippen molar-refractivity contribution in [3.05, 3.63) is 36.5 Å². The largest absolute Gasteiger partial charge is 0.480 e. The monoisotopic (exact) mass is 223 g/mol. The van der Waals surface area contributed by atoms with E-state index in [2.05, 4.69) is 13.2 Å². The van der Waals surface area contributed by atoms with E-state index in [9.17, 15) is 4.79 Å². The van der Waals surface area contributed by atoms with Crippen molar-refractivity contribution in [2.45, 2.75) is 38.6 Å². The van der Waals surface area contributed by atoms with Crippen molar-refractivity contribution in [1.29, 1.82) is 0 Å². The predicted octanol–water partition coefficient (Wildman–Crippen LogP) is 2.65. The molecule has 16 heavy (non-hydrogen) atoms. The second-order valence-corrected chi connectivity index (χ2v) is 3.67. The summed E-state index contributed by atoms with van der Waals surface area (Å²) in [6, 6.07) is 0. The molecule has 0 aromatic heterocycles. The minimum Gasteiger partial charge on any atom is -0.480 e. The Morgan fingerprint density at radius 2 is 2.12 bits per heavy atom. The van der Waals surface area contributed by atoms with Gasteiger partial charge >= 0.3 is 5.97 Å². The van der Waals surface area contributed by atoms with Gasteiger partial charge < -0.3 is 10.8 Å². The Kier molecular flexibility index (Phi) is 5.75. The van der Waals surface area contributed by atoms with E-state index in [0.717, 1.165) is 11.1 Å². The first-order valence-electron chi connectivity index (χ1n) is 5.51. The maximum absolute atomic E-state index is 10.9. The normalized spacial score (nSPS) is 26.9. The third kappa shape index (κ3) is 3.35. The molecule has 0 amide bonds. The maximum Gasteiger partial charge on any atom is 0.324 e. The summed E-state index contributed by atoms with van der Waals surface area (Å²) in [5, 5.41) is 8.93. The quantitative estimate of drug-likeness (QED) is 0.756. The molecule has 0 radical (unpaired) electrons. The molecule has 90 valence electrons. The molecule has 1 aliphatic carbocycles. The van der Waals surface area contributed by atoms with E-state index in [4.69, 9.17) is 10.8 Å². The van der Waals surface area contributed by atoms with Crippen molar-refractivity contribution >= 4 is 5.97 Å². The maximum atomic E-state index is 10.9. The first-order valence-corrected chi connectivity index (χ1v) is 5.51. The molecule has 1 aliphatic rings. The molecular weight excluding hydrogens is 202 g/mol. The number of carboxylic acids is 1. The van der Waals surface area contributed by atoms with Crippen LogP contribution in [0.15, 0.2) is 36.5 Å². The molecule has 3 N–H and O–H groups in total. The fourth-order valence-electron chi connectivity index (χ4n) is 1.64. The van der Waals surface area contributed by atoms with Gasteiger partial charge in [-0.3, -0.25) is 4.79 Å². The summed E-state index contributed by atoms with van der Waals surface area (Å²) < 4.78 is 0. The average molecular weight is 223 g/mol. The summed E-state index contributed by atoms with van der Waals surface area (Å²) in [5.41, 5.74) is 6.47. The zero-order valence-corrected chi connectivity index (χ0v) is 10.1. The van der Waals surface area contributed by atoms with Crippen molar-refractivity contribution in [2.75, 3.05) is 0 Å². The van der Waals surface area contributed by atoms with Crippen LogP contribution in [-0.4, -0.2) is 16.6 Å². The number of aliphatic carboxylic acids is 1. The van der Waals surface area contributed by atoms with E-state index in [1.807, 2.05) is 19.9 Å². The lowest BCUT2D eigenvalue weighted by Gasteiger charge is -2.31. The fraction of sp³-hybridized carbons (Fsp3) is 0.462. The highest BCUT2D eigenvalue weighted by Gasteiger charge is 2.37. The van der Waals surface area contributed by atoms with Gasteiger partial charge in [0.05, 0.1) is 0 Å². The Hall–Kier alpha value is -1.35. The van der Waals surface area contributed by atoms with Crippen LogP contribution in [0.25, 0.3) is 0 Å². The summed E-state index contributed by atoms with van der Waals surface area (Å²) in [7, 11) is 0. The number of carboxylic acid groups (broad SMARTS) is 1.